The van der Waals surface area contributed by atoms with E-state index < -0.39 is 5.97 Å². The van der Waals surface area contributed by atoms with Crippen LogP contribution < -0.4 is 5.90 Å². The maximum atomic E-state index is 9.72. The molecule has 0 aliphatic carbocycles. The van der Waals surface area contributed by atoms with Gasteiger partial charge in [-0.05, 0) is 0 Å². The minimum Gasteiger partial charge on any atom is -0.370 e. The van der Waals surface area contributed by atoms with Crippen LogP contribution in [0.2, 0.25) is 0 Å². The summed E-state index contributed by atoms with van der Waals surface area (Å²) in [5, 5.41) is 0. The quantitative estimate of drug-likeness (QED) is 0.371. The van der Waals surface area contributed by atoms with E-state index in [-0.39, 0.29) is 4.70 Å². The van der Waals surface area contributed by atoms with Gasteiger partial charge in [0.25, 0.3) is 0 Å². The van der Waals surface area contributed by atoms with Crippen molar-refractivity contribution >= 4 is 5.97 Å². The topological polar surface area (TPSA) is 52.3 Å². The Morgan fingerprint density at radius 1 is 1.86 bits per heavy atom. The fourth-order valence-electron chi connectivity index (χ4n) is 0.0481. The lowest BCUT2D eigenvalue weighted by molar-refractivity contribution is -0.138. The summed E-state index contributed by atoms with van der Waals surface area (Å²) in [6, 6.07) is 0. The zero-order chi connectivity index (χ0) is 4.99. The van der Waals surface area contributed by atoms with Gasteiger partial charge in [0.1, 0.15) is 0 Å². The van der Waals surface area contributed by atoms with E-state index >= 15 is 0 Å². The molecule has 0 aliphatic rings. The standard InChI is InChI=1S/C3H5NO2.FH/c1-2-3(5)6-4;/h2H,1,4H2;1H. The van der Waals surface area contributed by atoms with Crippen molar-refractivity contribution in [2.24, 2.45) is 5.90 Å². The van der Waals surface area contributed by atoms with E-state index in [1.54, 1.807) is 0 Å². The maximum absolute atomic E-state index is 9.72. The van der Waals surface area contributed by atoms with E-state index in [0.717, 1.165) is 6.08 Å². The van der Waals surface area contributed by atoms with Crippen molar-refractivity contribution in [1.82, 2.24) is 0 Å². The van der Waals surface area contributed by atoms with E-state index in [4.69, 9.17) is 0 Å². The van der Waals surface area contributed by atoms with Crippen LogP contribution in [0, 0.1) is 0 Å². The number of hydrogen-bond donors (Lipinski definition) is 1. The highest BCUT2D eigenvalue weighted by Gasteiger charge is 1.83. The molecule has 0 unspecified atom stereocenters. The average molecular weight is 107 g/mol. The van der Waals surface area contributed by atoms with Crippen molar-refractivity contribution in [3.63, 3.8) is 0 Å². The molecule has 4 heteroatoms. The van der Waals surface area contributed by atoms with Gasteiger partial charge in [0, 0.05) is 6.08 Å². The van der Waals surface area contributed by atoms with Gasteiger partial charge >= 0.3 is 5.97 Å². The summed E-state index contributed by atoms with van der Waals surface area (Å²) < 4.78 is 0. The smallest absolute Gasteiger partial charge is 0.348 e. The lowest BCUT2D eigenvalue weighted by atomic mass is 10.7. The highest BCUT2D eigenvalue weighted by molar-refractivity contribution is 5.80. The van der Waals surface area contributed by atoms with Gasteiger partial charge in [-0.15, -0.1) is 0 Å². The van der Waals surface area contributed by atoms with E-state index in [1.165, 1.54) is 0 Å². The molecule has 42 valence electrons. The highest BCUT2D eigenvalue weighted by Crippen LogP contribution is 1.64. The number of rotatable bonds is 1. The molecule has 0 amide bonds. The molecule has 0 radical (unpaired) electrons. The molecule has 0 aliphatic heterocycles. The van der Waals surface area contributed by atoms with E-state index in [1.807, 2.05) is 0 Å². The summed E-state index contributed by atoms with van der Waals surface area (Å²) in [6.45, 7) is 3.08. The predicted octanol–water partition coefficient (Wildman–Crippen LogP) is -0.258. The molecule has 0 heterocycles. The van der Waals surface area contributed by atoms with Gasteiger partial charge < -0.3 is 4.84 Å². The maximum Gasteiger partial charge on any atom is 0.348 e. The second-order valence-electron chi connectivity index (χ2n) is 0.641. The Kier molecular flexibility index (Phi) is 6.88. The fourth-order valence-corrected chi connectivity index (χ4v) is 0.0481. The Hall–Kier alpha value is -0.900. The second-order valence-corrected chi connectivity index (χ2v) is 0.641. The Morgan fingerprint density at radius 2 is 2.29 bits per heavy atom. The number of carbonyl (C=O) groups is 1. The summed E-state index contributed by atoms with van der Waals surface area (Å²) in [4.78, 5) is 13.4. The molecule has 0 aromatic carbocycles. The lowest BCUT2D eigenvalue weighted by Gasteiger charge is -1.81. The molecule has 3 nitrogen and oxygen atoms in total. The third-order valence-corrected chi connectivity index (χ3v) is 0.283. The molecule has 0 rings (SSSR count). The summed E-state index contributed by atoms with van der Waals surface area (Å²) >= 11 is 0. The predicted molar refractivity (Wildman–Crippen MR) is 23.0 cm³/mol. The van der Waals surface area contributed by atoms with Crippen molar-refractivity contribution in [2.45, 2.75) is 0 Å². The van der Waals surface area contributed by atoms with Crippen LogP contribution in [0.1, 0.15) is 0 Å². The summed E-state index contributed by atoms with van der Waals surface area (Å²) in [5.74, 6) is 3.75. The Bertz CT molecular complexity index is 73.3. The molecule has 0 saturated carbocycles. The molecule has 0 atom stereocenters. The fraction of sp³-hybridized carbons (Fsp3) is 0. The second kappa shape index (κ2) is 5.10. The van der Waals surface area contributed by atoms with Gasteiger partial charge in [-0.2, -0.15) is 5.90 Å². The van der Waals surface area contributed by atoms with Crippen molar-refractivity contribution < 1.29 is 14.3 Å². The number of nitrogens with two attached hydrogens (primary N) is 1. The summed E-state index contributed by atoms with van der Waals surface area (Å²) in [7, 11) is 0. The van der Waals surface area contributed by atoms with Gasteiger partial charge in [-0.3, -0.25) is 4.70 Å². The van der Waals surface area contributed by atoms with Crippen LogP contribution in [0.5, 0.6) is 0 Å². The van der Waals surface area contributed by atoms with Crippen LogP contribution in [0.4, 0.5) is 4.70 Å². The molecule has 0 aromatic rings. The molecular weight excluding hydrogens is 101 g/mol. The van der Waals surface area contributed by atoms with Gasteiger partial charge in [-0.1, -0.05) is 6.58 Å². The normalized spacial score (nSPS) is 5.86. The molecule has 0 bridgehead atoms. The Labute approximate surface area is 40.1 Å². The van der Waals surface area contributed by atoms with Crippen LogP contribution in [0.25, 0.3) is 0 Å². The van der Waals surface area contributed by atoms with Crippen molar-refractivity contribution in [2.75, 3.05) is 0 Å². The molecule has 0 saturated heterocycles. The van der Waals surface area contributed by atoms with Gasteiger partial charge in [0.15, 0.2) is 0 Å². The van der Waals surface area contributed by atoms with Crippen molar-refractivity contribution in [3.05, 3.63) is 12.7 Å². The zero-order valence-corrected chi connectivity index (χ0v) is 3.59. The molecule has 0 fully saturated rings. The van der Waals surface area contributed by atoms with Crippen molar-refractivity contribution in [1.29, 1.82) is 0 Å². The first-order chi connectivity index (χ1) is 2.81. The average Bonchev–Trinajstić information content (AvgIpc) is 1.65. The SMILES string of the molecule is C=CC(=O)ON.F. The van der Waals surface area contributed by atoms with Crippen LogP contribution in [-0.4, -0.2) is 5.97 Å². The van der Waals surface area contributed by atoms with Gasteiger partial charge in [0.05, 0.1) is 0 Å². The van der Waals surface area contributed by atoms with Crippen LogP contribution in [-0.2, 0) is 9.63 Å². The third-order valence-electron chi connectivity index (χ3n) is 0.283. The molecule has 0 aromatic heterocycles. The van der Waals surface area contributed by atoms with Gasteiger partial charge in [0.2, 0.25) is 0 Å². The van der Waals surface area contributed by atoms with Crippen molar-refractivity contribution in [3.8, 4) is 0 Å². The van der Waals surface area contributed by atoms with E-state index in [2.05, 4.69) is 17.3 Å². The first kappa shape index (κ1) is 9.44. The molecule has 7 heavy (non-hydrogen) atoms. The lowest BCUT2D eigenvalue weighted by Crippen LogP contribution is -2.04. The minimum atomic E-state index is -0.616. The van der Waals surface area contributed by atoms with E-state index in [9.17, 15) is 4.79 Å². The molecule has 2 N–H and O–H groups in total. The summed E-state index contributed by atoms with van der Waals surface area (Å²) in [6.07, 6.45) is 0.986. The molecular formula is C3H6FNO2. The number of hydrogen-bond acceptors (Lipinski definition) is 3. The largest absolute Gasteiger partial charge is 0.370 e. The summed E-state index contributed by atoms with van der Waals surface area (Å²) in [5.41, 5.74) is 0. The zero-order valence-electron chi connectivity index (χ0n) is 3.59. The van der Waals surface area contributed by atoms with Gasteiger partial charge in [-0.25, -0.2) is 4.79 Å². The number of carbonyl (C=O) groups excluding carboxylic acids is 1. The first-order valence-corrected chi connectivity index (χ1v) is 1.34. The van der Waals surface area contributed by atoms with Crippen LogP contribution in [0.15, 0.2) is 12.7 Å². The Morgan fingerprint density at radius 3 is 2.29 bits per heavy atom. The minimum absolute atomic E-state index is 0. The van der Waals surface area contributed by atoms with E-state index in [0.29, 0.717) is 0 Å². The monoisotopic (exact) mass is 107 g/mol. The highest BCUT2D eigenvalue weighted by atomic mass is 19.0. The first-order valence-electron chi connectivity index (χ1n) is 1.34. The molecule has 0 spiro atoms. The Balaban J connectivity index is 0. The number of halogens is 1. The van der Waals surface area contributed by atoms with Crippen LogP contribution in [0.3, 0.4) is 0 Å². The van der Waals surface area contributed by atoms with Crippen LogP contribution >= 0.6 is 0 Å². The third kappa shape index (κ3) is 5.10.